The van der Waals surface area contributed by atoms with Crippen LogP contribution >= 0.6 is 0 Å². The van der Waals surface area contributed by atoms with Crippen LogP contribution in [0.3, 0.4) is 0 Å². The van der Waals surface area contributed by atoms with Gasteiger partial charge in [-0.15, -0.1) is 0 Å². The lowest BCUT2D eigenvalue weighted by Gasteiger charge is -2.39. The molecular weight excluding hydrogens is 310 g/mol. The summed E-state index contributed by atoms with van der Waals surface area (Å²) in [6, 6.07) is 19.6. The van der Waals surface area contributed by atoms with E-state index in [4.69, 9.17) is 4.74 Å². The Kier molecular flexibility index (Phi) is 4.58. The quantitative estimate of drug-likeness (QED) is 0.843. The summed E-state index contributed by atoms with van der Waals surface area (Å²) in [5.41, 5.74) is 3.79. The summed E-state index contributed by atoms with van der Waals surface area (Å²) in [4.78, 5) is 14.7. The Hall–Kier alpha value is -2.13. The first-order valence-electron chi connectivity index (χ1n) is 9.25. The number of aryl methyl sites for hydroxylation is 2. The fourth-order valence-corrected chi connectivity index (χ4v) is 4.28. The van der Waals surface area contributed by atoms with Gasteiger partial charge in [-0.05, 0) is 43.7 Å². The van der Waals surface area contributed by atoms with Crippen molar-refractivity contribution in [1.82, 2.24) is 4.90 Å². The van der Waals surface area contributed by atoms with Gasteiger partial charge in [0.15, 0.2) is 0 Å². The van der Waals surface area contributed by atoms with E-state index in [1.165, 1.54) is 16.7 Å². The number of morpholine rings is 1. The molecule has 0 saturated carbocycles. The van der Waals surface area contributed by atoms with Crippen LogP contribution in [0.4, 0.5) is 0 Å². The average molecular weight is 335 g/mol. The molecule has 2 aliphatic rings. The number of rotatable bonds is 4. The summed E-state index contributed by atoms with van der Waals surface area (Å²) in [7, 11) is 0. The number of hydrogen-bond donors (Lipinski definition) is 0. The third-order valence-electron chi connectivity index (χ3n) is 5.59. The van der Waals surface area contributed by atoms with Gasteiger partial charge in [0.1, 0.15) is 12.7 Å². The minimum atomic E-state index is 0.0139. The maximum Gasteiger partial charge on any atom is 0.249 e. The first-order chi connectivity index (χ1) is 12.2. The topological polar surface area (TPSA) is 29.5 Å². The van der Waals surface area contributed by atoms with Crippen LogP contribution in [0.2, 0.25) is 0 Å². The average Bonchev–Trinajstić information content (AvgIpc) is 3.07. The molecule has 0 N–H and O–H groups in total. The van der Waals surface area contributed by atoms with Gasteiger partial charge in [-0.2, -0.15) is 0 Å². The number of hydrogen-bond acceptors (Lipinski definition) is 2. The number of amides is 1. The fourth-order valence-electron chi connectivity index (χ4n) is 4.28. The number of ether oxygens (including phenoxy) is 1. The second-order valence-corrected chi connectivity index (χ2v) is 7.27. The van der Waals surface area contributed by atoms with Crippen molar-refractivity contribution in [2.75, 3.05) is 6.61 Å². The molecule has 3 heteroatoms. The van der Waals surface area contributed by atoms with Crippen LogP contribution < -0.4 is 0 Å². The van der Waals surface area contributed by atoms with E-state index < -0.39 is 0 Å². The van der Waals surface area contributed by atoms with Gasteiger partial charge in [0.05, 0.1) is 6.04 Å². The molecule has 130 valence electrons. The van der Waals surface area contributed by atoms with Crippen LogP contribution in [-0.4, -0.2) is 29.5 Å². The molecule has 4 rings (SSSR count). The van der Waals surface area contributed by atoms with Crippen LogP contribution in [-0.2, 0) is 16.0 Å². The highest BCUT2D eigenvalue weighted by atomic mass is 16.5. The summed E-state index contributed by atoms with van der Waals surface area (Å²) in [6.07, 6.45) is 4.18. The van der Waals surface area contributed by atoms with E-state index in [0.717, 1.165) is 25.7 Å². The molecule has 2 aromatic carbocycles. The molecule has 25 heavy (non-hydrogen) atoms. The molecule has 0 bridgehead atoms. The Morgan fingerprint density at radius 3 is 2.56 bits per heavy atom. The van der Waals surface area contributed by atoms with Gasteiger partial charge in [-0.25, -0.2) is 0 Å². The number of nitrogens with zero attached hydrogens (tertiary/aromatic N) is 1. The second-order valence-electron chi connectivity index (χ2n) is 7.27. The van der Waals surface area contributed by atoms with E-state index in [1.54, 1.807) is 0 Å². The largest absolute Gasteiger partial charge is 0.362 e. The van der Waals surface area contributed by atoms with Crippen molar-refractivity contribution in [2.45, 2.75) is 50.8 Å². The second kappa shape index (κ2) is 7.01. The molecule has 2 aromatic rings. The lowest BCUT2D eigenvalue weighted by Crippen LogP contribution is -2.50. The van der Waals surface area contributed by atoms with Crippen molar-refractivity contribution in [3.8, 4) is 0 Å². The molecule has 0 spiro atoms. The zero-order chi connectivity index (χ0) is 17.2. The molecule has 2 aliphatic heterocycles. The normalized spacial score (nSPS) is 25.9. The Morgan fingerprint density at radius 1 is 1.04 bits per heavy atom. The molecule has 0 aromatic heterocycles. The van der Waals surface area contributed by atoms with Crippen molar-refractivity contribution in [3.63, 3.8) is 0 Å². The summed E-state index contributed by atoms with van der Waals surface area (Å²) < 4.78 is 5.95. The van der Waals surface area contributed by atoms with Crippen LogP contribution in [0.15, 0.2) is 54.6 Å². The third kappa shape index (κ3) is 3.34. The van der Waals surface area contributed by atoms with Crippen molar-refractivity contribution >= 4 is 5.91 Å². The van der Waals surface area contributed by atoms with Gasteiger partial charge in [-0.1, -0.05) is 60.2 Å². The summed E-state index contributed by atoms with van der Waals surface area (Å²) >= 11 is 0. The lowest BCUT2D eigenvalue weighted by atomic mass is 9.98. The van der Waals surface area contributed by atoms with Crippen molar-refractivity contribution in [3.05, 3.63) is 71.3 Å². The van der Waals surface area contributed by atoms with Gasteiger partial charge >= 0.3 is 0 Å². The number of fused-ring (bicyclic) bond motifs is 1. The Balaban J connectivity index is 1.48. The molecule has 3 nitrogen and oxygen atoms in total. The van der Waals surface area contributed by atoms with Gasteiger partial charge in [0.2, 0.25) is 5.91 Å². The standard InChI is InChI=1S/C22H25NO2/c1-16-7-10-18(11-8-16)22-20-14-13-19(23(20)21(24)15-25-22)12-9-17-5-3-2-4-6-17/h2-8,10-11,19-20,22H,9,12-15H2,1H3/t19-,20+,22+/m1/s1. The zero-order valence-corrected chi connectivity index (χ0v) is 14.7. The molecule has 2 saturated heterocycles. The molecule has 1 amide bonds. The fraction of sp³-hybridized carbons (Fsp3) is 0.409. The number of carbonyl (C=O) groups excluding carboxylic acids is 1. The minimum absolute atomic E-state index is 0.0139. The summed E-state index contributed by atoms with van der Waals surface area (Å²) in [6.45, 7) is 2.30. The van der Waals surface area contributed by atoms with Crippen LogP contribution in [0.5, 0.6) is 0 Å². The van der Waals surface area contributed by atoms with Gasteiger partial charge in [0.25, 0.3) is 0 Å². The smallest absolute Gasteiger partial charge is 0.249 e. The summed E-state index contributed by atoms with van der Waals surface area (Å²) in [5.74, 6) is 0.156. The van der Waals surface area contributed by atoms with E-state index in [2.05, 4.69) is 60.4 Å². The predicted octanol–water partition coefficient (Wildman–Crippen LogP) is 4.06. The zero-order valence-electron chi connectivity index (χ0n) is 14.7. The monoisotopic (exact) mass is 335 g/mol. The van der Waals surface area contributed by atoms with Crippen LogP contribution in [0, 0.1) is 6.92 Å². The van der Waals surface area contributed by atoms with Crippen molar-refractivity contribution in [1.29, 1.82) is 0 Å². The maximum absolute atomic E-state index is 12.5. The van der Waals surface area contributed by atoms with E-state index in [1.807, 2.05) is 6.07 Å². The molecule has 0 radical (unpaired) electrons. The maximum atomic E-state index is 12.5. The Morgan fingerprint density at radius 2 is 1.80 bits per heavy atom. The first-order valence-corrected chi connectivity index (χ1v) is 9.25. The van der Waals surface area contributed by atoms with E-state index in [0.29, 0.717) is 6.04 Å². The Labute approximate surface area is 149 Å². The highest BCUT2D eigenvalue weighted by Gasteiger charge is 2.44. The molecule has 2 fully saturated rings. The SMILES string of the molecule is Cc1ccc([C@@H]2OCC(=O)N3[C@H](CCc4ccccc4)CC[C@@H]23)cc1. The predicted molar refractivity (Wildman–Crippen MR) is 98.3 cm³/mol. The van der Waals surface area contributed by atoms with Crippen molar-refractivity contribution in [2.24, 2.45) is 0 Å². The van der Waals surface area contributed by atoms with Gasteiger partial charge in [0, 0.05) is 6.04 Å². The minimum Gasteiger partial charge on any atom is -0.362 e. The highest BCUT2D eigenvalue weighted by molar-refractivity contribution is 5.79. The van der Waals surface area contributed by atoms with Crippen LogP contribution in [0.25, 0.3) is 0 Å². The molecule has 0 unspecified atom stereocenters. The molecular formula is C22H25NO2. The van der Waals surface area contributed by atoms with E-state index in [9.17, 15) is 4.79 Å². The van der Waals surface area contributed by atoms with Gasteiger partial charge in [-0.3, -0.25) is 4.79 Å². The van der Waals surface area contributed by atoms with Crippen molar-refractivity contribution < 1.29 is 9.53 Å². The first kappa shape index (κ1) is 16.3. The number of benzene rings is 2. The third-order valence-corrected chi connectivity index (χ3v) is 5.59. The molecule has 0 aliphatic carbocycles. The van der Waals surface area contributed by atoms with E-state index in [-0.39, 0.29) is 24.7 Å². The summed E-state index contributed by atoms with van der Waals surface area (Å²) in [5, 5.41) is 0. The Bertz CT molecular complexity index is 725. The molecule has 3 atom stereocenters. The van der Waals surface area contributed by atoms with Crippen LogP contribution in [0.1, 0.15) is 42.1 Å². The number of carbonyl (C=O) groups is 1. The molecule has 2 heterocycles. The van der Waals surface area contributed by atoms with Gasteiger partial charge < -0.3 is 9.64 Å². The lowest BCUT2D eigenvalue weighted by molar-refractivity contribution is -0.157. The van der Waals surface area contributed by atoms with E-state index >= 15 is 0 Å². The highest BCUT2D eigenvalue weighted by Crippen LogP contribution is 2.39.